The Balaban J connectivity index is 6.64. The van der Waals surface area contributed by atoms with Gasteiger partial charge in [-0.1, -0.05) is 0 Å². The average molecular weight is 541 g/mol. The molecule has 0 saturated heterocycles. The second kappa shape index (κ2) is 20.4. The van der Waals surface area contributed by atoms with Crippen LogP contribution in [0.2, 0.25) is 9.45 Å². The second-order valence-corrected chi connectivity index (χ2v) is 16.6. The molecular formula is C32H60O3Ti. The molecule has 36 heavy (non-hydrogen) atoms. The molecule has 0 saturated carbocycles. The number of hydrogen-bond acceptors (Lipinski definition) is 3. The number of rotatable bonds is 22. The molecule has 0 aliphatic carbocycles. The van der Waals surface area contributed by atoms with Crippen LogP contribution in [0.4, 0.5) is 0 Å². The average Bonchev–Trinajstić information content (AvgIpc) is 2.89. The van der Waals surface area contributed by atoms with Crippen LogP contribution in [0.1, 0.15) is 132 Å². The molecule has 0 rings (SSSR count). The van der Waals surface area contributed by atoms with Crippen molar-refractivity contribution in [2.45, 2.75) is 142 Å². The van der Waals surface area contributed by atoms with Crippen molar-refractivity contribution in [3.63, 3.8) is 0 Å². The summed E-state index contributed by atoms with van der Waals surface area (Å²) in [5.41, 5.74) is 4.91. The van der Waals surface area contributed by atoms with Crippen molar-refractivity contribution in [3.05, 3.63) is 46.6 Å². The normalized spacial score (nSPS) is 14.6. The van der Waals surface area contributed by atoms with Crippen molar-refractivity contribution in [2.75, 3.05) is 13.2 Å². The zero-order chi connectivity index (χ0) is 27.3. The predicted molar refractivity (Wildman–Crippen MR) is 155 cm³/mol. The summed E-state index contributed by atoms with van der Waals surface area (Å²) in [6.45, 7) is 18.3. The molecule has 0 aromatic heterocycles. The van der Waals surface area contributed by atoms with Gasteiger partial charge in [-0.3, -0.25) is 0 Å². The number of unbranched alkanes of at least 4 members (excludes halogenated alkanes) is 4. The molecule has 0 unspecified atom stereocenters. The van der Waals surface area contributed by atoms with Crippen LogP contribution in [-0.4, -0.2) is 13.2 Å². The number of allylic oxidation sites excluding steroid dienone is 6. The van der Waals surface area contributed by atoms with E-state index >= 15 is 3.32 Å². The van der Waals surface area contributed by atoms with Gasteiger partial charge < -0.3 is 0 Å². The van der Waals surface area contributed by atoms with Crippen molar-refractivity contribution in [1.29, 1.82) is 0 Å². The molecule has 0 amide bonds. The minimum atomic E-state index is -5.18. The van der Waals surface area contributed by atoms with E-state index in [2.05, 4.69) is 79.7 Å². The van der Waals surface area contributed by atoms with Gasteiger partial charge in [0.2, 0.25) is 0 Å². The predicted octanol–water partition coefficient (Wildman–Crippen LogP) is 11.3. The third-order valence-corrected chi connectivity index (χ3v) is 13.0. The third kappa shape index (κ3) is 14.4. The first-order valence-corrected chi connectivity index (χ1v) is 19.3. The molecule has 0 spiro atoms. The summed E-state index contributed by atoms with van der Waals surface area (Å²) >= 11 is -5.18. The monoisotopic (exact) mass is 540 g/mol. The van der Waals surface area contributed by atoms with Gasteiger partial charge in [-0.2, -0.15) is 0 Å². The standard InChI is InChI=1S/2C8H15O.2C8H15.O.Ti/c2*1-3-5-6-8(4-2)7-9;2*1-4-6-7-8(3)5-2;;/h2*6H,3-5,7H2,1-2H3;2*7H,3-6H2,1-2H3;;/q2*-1;;;;+2. The molecule has 0 N–H and O–H groups in total. The van der Waals surface area contributed by atoms with Crippen LogP contribution < -0.4 is 0 Å². The Bertz CT molecular complexity index is 706. The van der Waals surface area contributed by atoms with Gasteiger partial charge in [0.05, 0.1) is 0 Å². The van der Waals surface area contributed by atoms with Crippen LogP contribution in [-0.2, 0) is 26.0 Å². The van der Waals surface area contributed by atoms with Crippen molar-refractivity contribution >= 4 is 0 Å². The third-order valence-electron chi connectivity index (χ3n) is 7.00. The molecule has 3 nitrogen and oxygen atoms in total. The first kappa shape index (κ1) is 35.4. The summed E-state index contributed by atoms with van der Waals surface area (Å²) in [5.74, 6) is 0. The summed E-state index contributed by atoms with van der Waals surface area (Å²) in [6.07, 6.45) is 21.2. The fourth-order valence-corrected chi connectivity index (χ4v) is 10.9. The van der Waals surface area contributed by atoms with Crippen LogP contribution in [0.15, 0.2) is 46.6 Å². The molecule has 0 radical (unpaired) electrons. The molecule has 0 heterocycles. The number of hydrogen-bond donors (Lipinski definition) is 0. The van der Waals surface area contributed by atoms with E-state index in [1.54, 1.807) is 0 Å². The molecule has 0 fully saturated rings. The fourth-order valence-electron chi connectivity index (χ4n) is 4.38. The molecule has 0 aliphatic heterocycles. The van der Waals surface area contributed by atoms with Crippen LogP contribution in [0.25, 0.3) is 0 Å². The molecule has 0 aliphatic rings. The van der Waals surface area contributed by atoms with Gasteiger partial charge in [0, 0.05) is 0 Å². The molecule has 0 aromatic carbocycles. The van der Waals surface area contributed by atoms with Crippen LogP contribution in [0.3, 0.4) is 0 Å². The molecule has 4 heteroatoms. The van der Waals surface area contributed by atoms with E-state index in [0.717, 1.165) is 77.0 Å². The zero-order valence-corrected chi connectivity index (χ0v) is 26.9. The van der Waals surface area contributed by atoms with Gasteiger partial charge in [0.15, 0.2) is 0 Å². The Kier molecular flexibility index (Phi) is 20.0. The van der Waals surface area contributed by atoms with Crippen LogP contribution >= 0.6 is 0 Å². The Morgan fingerprint density at radius 3 is 1.03 bits per heavy atom. The van der Waals surface area contributed by atoms with Gasteiger partial charge in [-0.25, -0.2) is 0 Å². The minimum absolute atomic E-state index is 0.410. The van der Waals surface area contributed by atoms with E-state index in [0.29, 0.717) is 22.7 Å². The van der Waals surface area contributed by atoms with Gasteiger partial charge in [-0.15, -0.1) is 0 Å². The summed E-state index contributed by atoms with van der Waals surface area (Å²) in [4.78, 5) is 0. The molecule has 0 aromatic rings. The molecule has 210 valence electrons. The second-order valence-electron chi connectivity index (χ2n) is 10.3. The van der Waals surface area contributed by atoms with Gasteiger partial charge >= 0.3 is 228 Å². The molecule has 0 atom stereocenters. The van der Waals surface area contributed by atoms with Crippen LogP contribution in [0, 0.1) is 0 Å². The van der Waals surface area contributed by atoms with E-state index in [-0.39, 0.29) is 0 Å². The van der Waals surface area contributed by atoms with Crippen molar-refractivity contribution in [3.8, 4) is 0 Å². The van der Waals surface area contributed by atoms with Crippen LogP contribution in [0.5, 0.6) is 0 Å². The van der Waals surface area contributed by atoms with E-state index in [4.69, 9.17) is 6.64 Å². The van der Waals surface area contributed by atoms with Gasteiger partial charge in [-0.05, 0) is 0 Å². The quantitative estimate of drug-likeness (QED) is 0.101. The SMILES string of the molecule is CCCC=C(CC)C[O][Ti](=[O])([CH2]C(=CCCC)CC)([CH2]C(=CCCC)CC)[O]CC(=CCCC)CC. The van der Waals surface area contributed by atoms with E-state index in [9.17, 15) is 0 Å². The molecule has 0 bridgehead atoms. The van der Waals surface area contributed by atoms with E-state index < -0.39 is 16.1 Å². The maximum absolute atomic E-state index is 15.5. The Labute approximate surface area is 227 Å². The topological polar surface area (TPSA) is 35.5 Å². The van der Waals surface area contributed by atoms with Crippen molar-refractivity contribution < 1.29 is 26.0 Å². The zero-order valence-electron chi connectivity index (χ0n) is 25.3. The molecular weight excluding hydrogens is 480 g/mol. The summed E-state index contributed by atoms with van der Waals surface area (Å²) in [5, 5.41) is 0. The van der Waals surface area contributed by atoms with E-state index in [1.165, 1.54) is 22.3 Å². The summed E-state index contributed by atoms with van der Waals surface area (Å²) in [6, 6.07) is 0. The fraction of sp³-hybridized carbons (Fsp3) is 0.750. The van der Waals surface area contributed by atoms with E-state index in [1.807, 2.05) is 0 Å². The summed E-state index contributed by atoms with van der Waals surface area (Å²) in [7, 11) is 0. The first-order valence-electron chi connectivity index (χ1n) is 15.2. The first-order chi connectivity index (χ1) is 17.3. The van der Waals surface area contributed by atoms with Gasteiger partial charge in [0.1, 0.15) is 0 Å². The Morgan fingerprint density at radius 2 is 0.778 bits per heavy atom. The van der Waals surface area contributed by atoms with Crippen molar-refractivity contribution in [2.24, 2.45) is 0 Å². The van der Waals surface area contributed by atoms with Crippen molar-refractivity contribution in [1.82, 2.24) is 0 Å². The maximum atomic E-state index is 15.5. The van der Waals surface area contributed by atoms with Gasteiger partial charge in [0.25, 0.3) is 0 Å². The Morgan fingerprint density at radius 1 is 0.500 bits per heavy atom. The Hall–Kier alpha value is -0.606. The summed E-state index contributed by atoms with van der Waals surface area (Å²) < 4.78 is 29.9.